The van der Waals surface area contributed by atoms with Gasteiger partial charge in [0.1, 0.15) is 13.2 Å². The van der Waals surface area contributed by atoms with Crippen LogP contribution in [0.1, 0.15) is 52.4 Å². The topological polar surface area (TPSA) is 85.4 Å². The highest BCUT2D eigenvalue weighted by atomic mass is 16.6. The minimum absolute atomic E-state index is 0.0733. The Hall–Kier alpha value is -1.14. The molecule has 6 heteroatoms. The van der Waals surface area contributed by atoms with E-state index in [-0.39, 0.29) is 49.2 Å². The molecule has 1 saturated carbocycles. The standard InChI is InChI=1S/C17H28O6/c1-3-12(10-15-11(2)23-15)16(19)21-7-8-22-17(20)13-5-4-6-14(18)9-13/h11-15,18H,3-10H2,1-2H3. The number of esters is 2. The van der Waals surface area contributed by atoms with Crippen LogP contribution in [0.25, 0.3) is 0 Å². The normalized spacial score (nSPS) is 31.3. The Morgan fingerprint density at radius 1 is 1.26 bits per heavy atom. The van der Waals surface area contributed by atoms with Gasteiger partial charge in [0.05, 0.1) is 30.1 Å². The molecule has 0 aromatic rings. The molecule has 1 N–H and O–H groups in total. The highest BCUT2D eigenvalue weighted by Crippen LogP contribution is 2.29. The largest absolute Gasteiger partial charge is 0.462 e. The molecule has 1 aliphatic carbocycles. The van der Waals surface area contributed by atoms with Crippen LogP contribution in [0.15, 0.2) is 0 Å². The van der Waals surface area contributed by atoms with Crippen LogP contribution < -0.4 is 0 Å². The molecule has 2 rings (SSSR count). The van der Waals surface area contributed by atoms with Crippen molar-refractivity contribution in [3.63, 3.8) is 0 Å². The van der Waals surface area contributed by atoms with Crippen LogP contribution in [0.4, 0.5) is 0 Å². The van der Waals surface area contributed by atoms with Gasteiger partial charge in [0.25, 0.3) is 0 Å². The lowest BCUT2D eigenvalue weighted by atomic mass is 9.87. The molecule has 0 aromatic heterocycles. The van der Waals surface area contributed by atoms with Crippen LogP contribution in [0.5, 0.6) is 0 Å². The van der Waals surface area contributed by atoms with E-state index in [1.165, 1.54) is 0 Å². The fraction of sp³-hybridized carbons (Fsp3) is 0.882. The molecule has 5 atom stereocenters. The maximum Gasteiger partial charge on any atom is 0.309 e. The fourth-order valence-corrected chi connectivity index (χ4v) is 3.09. The molecule has 1 saturated heterocycles. The van der Waals surface area contributed by atoms with Gasteiger partial charge in [0.15, 0.2) is 0 Å². The Morgan fingerprint density at radius 2 is 1.96 bits per heavy atom. The zero-order chi connectivity index (χ0) is 16.8. The van der Waals surface area contributed by atoms with Gasteiger partial charge in [-0.3, -0.25) is 9.59 Å². The first kappa shape index (κ1) is 18.2. The van der Waals surface area contributed by atoms with E-state index in [2.05, 4.69) is 0 Å². The maximum absolute atomic E-state index is 12.0. The van der Waals surface area contributed by atoms with Gasteiger partial charge in [-0.15, -0.1) is 0 Å². The highest BCUT2D eigenvalue weighted by molar-refractivity contribution is 5.73. The first-order valence-electron chi connectivity index (χ1n) is 8.68. The van der Waals surface area contributed by atoms with E-state index in [0.29, 0.717) is 19.3 Å². The van der Waals surface area contributed by atoms with Crippen LogP contribution >= 0.6 is 0 Å². The van der Waals surface area contributed by atoms with Crippen LogP contribution in [-0.4, -0.2) is 48.6 Å². The second-order valence-corrected chi connectivity index (χ2v) is 6.57. The molecule has 2 fully saturated rings. The number of aliphatic hydroxyl groups excluding tert-OH is 1. The number of rotatable bonds is 8. The van der Waals surface area contributed by atoms with Gasteiger partial charge in [-0.05, 0) is 39.0 Å². The van der Waals surface area contributed by atoms with Gasteiger partial charge in [-0.1, -0.05) is 13.3 Å². The molecule has 2 aliphatic rings. The Labute approximate surface area is 137 Å². The van der Waals surface area contributed by atoms with Crippen LogP contribution in [0, 0.1) is 11.8 Å². The molecule has 0 aromatic carbocycles. The van der Waals surface area contributed by atoms with Crippen LogP contribution in [0.3, 0.4) is 0 Å². The van der Waals surface area contributed by atoms with Gasteiger partial charge in [-0.25, -0.2) is 0 Å². The van der Waals surface area contributed by atoms with E-state index < -0.39 is 6.10 Å². The van der Waals surface area contributed by atoms with E-state index in [4.69, 9.17) is 14.2 Å². The number of aliphatic hydroxyl groups is 1. The third-order valence-electron chi connectivity index (χ3n) is 4.73. The summed E-state index contributed by atoms with van der Waals surface area (Å²) in [6, 6.07) is 0. The van der Waals surface area contributed by atoms with E-state index in [9.17, 15) is 14.7 Å². The summed E-state index contributed by atoms with van der Waals surface area (Å²) in [6.45, 7) is 4.10. The summed E-state index contributed by atoms with van der Waals surface area (Å²) in [5.41, 5.74) is 0. The molecule has 1 aliphatic heterocycles. The number of hydrogen-bond donors (Lipinski definition) is 1. The van der Waals surface area contributed by atoms with Gasteiger partial charge in [0.2, 0.25) is 0 Å². The molecule has 5 unspecified atom stereocenters. The van der Waals surface area contributed by atoms with Gasteiger partial charge in [-0.2, -0.15) is 0 Å². The van der Waals surface area contributed by atoms with E-state index >= 15 is 0 Å². The first-order valence-corrected chi connectivity index (χ1v) is 8.68. The molecule has 0 radical (unpaired) electrons. The molecule has 0 spiro atoms. The quantitative estimate of drug-likeness (QED) is 0.416. The lowest BCUT2D eigenvalue weighted by Crippen LogP contribution is -2.28. The summed E-state index contributed by atoms with van der Waals surface area (Å²) in [6.07, 6.45) is 4.23. The second-order valence-electron chi connectivity index (χ2n) is 6.57. The third kappa shape index (κ3) is 5.77. The summed E-state index contributed by atoms with van der Waals surface area (Å²) in [4.78, 5) is 23.9. The Kier molecular flexibility index (Phi) is 6.84. The lowest BCUT2D eigenvalue weighted by molar-refractivity contribution is -0.158. The van der Waals surface area contributed by atoms with Crippen molar-refractivity contribution < 1.29 is 28.9 Å². The minimum atomic E-state index is -0.406. The average Bonchev–Trinajstić information content (AvgIpc) is 3.23. The van der Waals surface area contributed by atoms with Crippen molar-refractivity contribution in [2.24, 2.45) is 11.8 Å². The monoisotopic (exact) mass is 328 g/mol. The van der Waals surface area contributed by atoms with E-state index in [0.717, 1.165) is 19.3 Å². The SMILES string of the molecule is CCC(CC1OC1C)C(=O)OCCOC(=O)C1CCCC(O)C1. The molecule has 0 bridgehead atoms. The summed E-state index contributed by atoms with van der Waals surface area (Å²) in [5.74, 6) is -0.938. The second kappa shape index (κ2) is 8.64. The summed E-state index contributed by atoms with van der Waals surface area (Å²) >= 11 is 0. The minimum Gasteiger partial charge on any atom is -0.462 e. The Bertz CT molecular complexity index is 410. The molecule has 1 heterocycles. The number of carbonyl (C=O) groups excluding carboxylic acids is 2. The molecule has 0 amide bonds. The zero-order valence-electron chi connectivity index (χ0n) is 14.0. The lowest BCUT2D eigenvalue weighted by Gasteiger charge is -2.24. The molecular weight excluding hydrogens is 300 g/mol. The van der Waals surface area contributed by atoms with E-state index in [1.54, 1.807) is 0 Å². The van der Waals surface area contributed by atoms with Crippen molar-refractivity contribution >= 4 is 11.9 Å². The summed E-state index contributed by atoms with van der Waals surface area (Å²) in [7, 11) is 0. The average molecular weight is 328 g/mol. The van der Waals surface area contributed by atoms with Crippen molar-refractivity contribution in [3.8, 4) is 0 Å². The number of carbonyl (C=O) groups is 2. The first-order chi connectivity index (χ1) is 11.0. The Balaban J connectivity index is 1.60. The smallest absolute Gasteiger partial charge is 0.309 e. The van der Waals surface area contributed by atoms with Crippen molar-refractivity contribution in [1.82, 2.24) is 0 Å². The number of hydrogen-bond acceptors (Lipinski definition) is 6. The van der Waals surface area contributed by atoms with Crippen molar-refractivity contribution in [3.05, 3.63) is 0 Å². The van der Waals surface area contributed by atoms with Crippen molar-refractivity contribution in [1.29, 1.82) is 0 Å². The zero-order valence-corrected chi connectivity index (χ0v) is 14.0. The van der Waals surface area contributed by atoms with Gasteiger partial charge in [0, 0.05) is 0 Å². The fourth-order valence-electron chi connectivity index (χ4n) is 3.09. The maximum atomic E-state index is 12.0. The Morgan fingerprint density at radius 3 is 2.57 bits per heavy atom. The molecule has 6 nitrogen and oxygen atoms in total. The predicted octanol–water partition coefficient (Wildman–Crippen LogP) is 1.83. The summed E-state index contributed by atoms with van der Waals surface area (Å²) < 4.78 is 15.7. The summed E-state index contributed by atoms with van der Waals surface area (Å²) in [5, 5.41) is 9.57. The third-order valence-corrected chi connectivity index (χ3v) is 4.73. The molecular formula is C17H28O6. The number of epoxide rings is 1. The van der Waals surface area contributed by atoms with Gasteiger partial charge >= 0.3 is 11.9 Å². The molecule has 132 valence electrons. The van der Waals surface area contributed by atoms with Crippen molar-refractivity contribution in [2.75, 3.05) is 13.2 Å². The molecule has 23 heavy (non-hydrogen) atoms. The van der Waals surface area contributed by atoms with Crippen LogP contribution in [-0.2, 0) is 23.8 Å². The van der Waals surface area contributed by atoms with Crippen LogP contribution in [0.2, 0.25) is 0 Å². The highest BCUT2D eigenvalue weighted by Gasteiger charge is 2.37. The number of ether oxygens (including phenoxy) is 3. The van der Waals surface area contributed by atoms with Crippen molar-refractivity contribution in [2.45, 2.75) is 70.7 Å². The van der Waals surface area contributed by atoms with Gasteiger partial charge < -0.3 is 19.3 Å². The van der Waals surface area contributed by atoms with E-state index in [1.807, 2.05) is 13.8 Å². The predicted molar refractivity (Wildman–Crippen MR) is 82.6 cm³/mol.